The monoisotopic (exact) mass is 490 g/mol. The predicted molar refractivity (Wildman–Crippen MR) is 110 cm³/mol. The summed E-state index contributed by atoms with van der Waals surface area (Å²) in [4.78, 5) is 12.0. The third kappa shape index (κ3) is 6.49. The quantitative estimate of drug-likeness (QED) is 0.520. The van der Waals surface area contributed by atoms with Crippen LogP contribution in [0, 0.1) is 5.92 Å². The zero-order valence-corrected chi connectivity index (χ0v) is 18.1. The second-order valence-electron chi connectivity index (χ2n) is 6.98. The first-order valence-electron chi connectivity index (χ1n) is 9.70. The summed E-state index contributed by atoms with van der Waals surface area (Å²) in [6.45, 7) is 1.82. The molecule has 1 saturated heterocycles. The van der Waals surface area contributed by atoms with E-state index < -0.39 is 40.1 Å². The normalized spacial score (nSPS) is 18.6. The van der Waals surface area contributed by atoms with Gasteiger partial charge in [0.1, 0.15) is 16.4 Å². The topological polar surface area (TPSA) is 123 Å². The van der Waals surface area contributed by atoms with E-state index >= 15 is 0 Å². The van der Waals surface area contributed by atoms with Gasteiger partial charge >= 0.3 is 6.36 Å². The number of ether oxygens (including phenoxy) is 3. The number of alkyl halides is 3. The lowest BCUT2D eigenvalue weighted by Gasteiger charge is -2.16. The van der Waals surface area contributed by atoms with Crippen LogP contribution in [0.25, 0.3) is 0 Å². The van der Waals surface area contributed by atoms with E-state index in [1.807, 2.05) is 0 Å². The first kappa shape index (κ1) is 24.6. The van der Waals surface area contributed by atoms with Crippen molar-refractivity contribution in [3.8, 4) is 11.5 Å². The molecule has 0 aromatic heterocycles. The van der Waals surface area contributed by atoms with Crippen LogP contribution < -0.4 is 19.5 Å². The number of hydrogen-bond acceptors (Lipinski definition) is 7. The summed E-state index contributed by atoms with van der Waals surface area (Å²) in [5.41, 5.74) is 0.0638. The summed E-state index contributed by atoms with van der Waals surface area (Å²) in [6.07, 6.45) is -5.88. The number of halogens is 3. The van der Waals surface area contributed by atoms with Crippen LogP contribution >= 0.6 is 0 Å². The summed E-state index contributed by atoms with van der Waals surface area (Å²) in [5, 5.41) is 12.4. The number of aliphatic hydroxyl groups is 1. The zero-order chi connectivity index (χ0) is 24.2. The van der Waals surface area contributed by atoms with Crippen molar-refractivity contribution >= 4 is 27.3 Å². The Labute approximate surface area is 187 Å². The van der Waals surface area contributed by atoms with Crippen molar-refractivity contribution in [2.75, 3.05) is 29.9 Å². The fourth-order valence-electron chi connectivity index (χ4n) is 3.07. The Morgan fingerprint density at radius 3 is 2.58 bits per heavy atom. The number of amides is 1. The Morgan fingerprint density at radius 2 is 1.94 bits per heavy atom. The Hall–Kier alpha value is -3.03. The molecular weight excluding hydrogens is 469 g/mol. The zero-order valence-electron chi connectivity index (χ0n) is 17.3. The molecule has 13 heteroatoms. The number of rotatable bonds is 8. The van der Waals surface area contributed by atoms with Gasteiger partial charge in [-0.15, -0.1) is 13.2 Å². The highest BCUT2D eigenvalue weighted by Crippen LogP contribution is 2.31. The number of carbonyl (C=O) groups excluding carboxylic acids is 1. The molecule has 0 aliphatic carbocycles. The molecule has 0 unspecified atom stereocenters. The maximum Gasteiger partial charge on any atom is 0.573 e. The molecule has 2 atom stereocenters. The minimum atomic E-state index is -4.93. The highest BCUT2D eigenvalue weighted by Gasteiger charge is 2.33. The average molecular weight is 490 g/mol. The molecule has 0 spiro atoms. The van der Waals surface area contributed by atoms with E-state index in [2.05, 4.69) is 14.8 Å². The van der Waals surface area contributed by atoms with Crippen LogP contribution in [-0.4, -0.2) is 51.7 Å². The lowest BCUT2D eigenvalue weighted by Crippen LogP contribution is -2.31. The second kappa shape index (κ2) is 9.85. The molecule has 1 aliphatic rings. The molecule has 9 nitrogen and oxygen atoms in total. The average Bonchev–Trinajstić information content (AvgIpc) is 3.13. The summed E-state index contributed by atoms with van der Waals surface area (Å²) < 4.78 is 79.5. The van der Waals surface area contributed by atoms with Gasteiger partial charge in [-0.25, -0.2) is 8.42 Å². The van der Waals surface area contributed by atoms with Crippen LogP contribution in [0.4, 0.5) is 24.5 Å². The number of carbonyl (C=O) groups is 1. The summed E-state index contributed by atoms with van der Waals surface area (Å²) in [7, 11) is -4.28. The Kier molecular flexibility index (Phi) is 7.34. The molecule has 0 bridgehead atoms. The van der Waals surface area contributed by atoms with Gasteiger partial charge in [0.2, 0.25) is 5.91 Å². The minimum absolute atomic E-state index is 0.0420. The lowest BCUT2D eigenvalue weighted by atomic mass is 10.1. The lowest BCUT2D eigenvalue weighted by molar-refractivity contribution is -0.274. The van der Waals surface area contributed by atoms with Gasteiger partial charge in [0.05, 0.1) is 37.5 Å². The first-order valence-corrected chi connectivity index (χ1v) is 11.2. The Morgan fingerprint density at radius 1 is 1.18 bits per heavy atom. The van der Waals surface area contributed by atoms with Crippen LogP contribution in [0.1, 0.15) is 6.92 Å². The molecule has 3 N–H and O–H groups in total. The standard InChI is InChI=1S/C20H21F3N2O7S/c1-2-31-17-9-12(24-19(27)15-10-30-11-16(15)26)6-7-18(17)33(28,29)25-13-4-3-5-14(8-13)32-20(21,22)23/h3-9,15-16,25-26H,2,10-11H2,1H3,(H,24,27)/t15-,16+/m1/s1. The van der Waals surface area contributed by atoms with E-state index in [4.69, 9.17) is 9.47 Å². The number of benzene rings is 2. The maximum absolute atomic E-state index is 12.9. The van der Waals surface area contributed by atoms with Crippen LogP contribution in [0.2, 0.25) is 0 Å². The molecule has 1 heterocycles. The molecule has 180 valence electrons. The van der Waals surface area contributed by atoms with Crippen molar-refractivity contribution in [2.45, 2.75) is 24.3 Å². The number of nitrogens with one attached hydrogen (secondary N) is 2. The maximum atomic E-state index is 12.9. The van der Waals surface area contributed by atoms with Crippen molar-refractivity contribution in [1.29, 1.82) is 0 Å². The fourth-order valence-corrected chi connectivity index (χ4v) is 4.25. The third-order valence-corrected chi connectivity index (χ3v) is 5.93. The van der Waals surface area contributed by atoms with Gasteiger partial charge in [-0.3, -0.25) is 9.52 Å². The predicted octanol–water partition coefficient (Wildman–Crippen LogP) is 2.73. The van der Waals surface area contributed by atoms with Crippen molar-refractivity contribution in [3.63, 3.8) is 0 Å². The van der Waals surface area contributed by atoms with Crippen molar-refractivity contribution < 1.29 is 45.7 Å². The molecule has 2 aromatic rings. The smallest absolute Gasteiger partial charge is 0.492 e. The molecule has 1 amide bonds. The highest BCUT2D eigenvalue weighted by atomic mass is 32.2. The van der Waals surface area contributed by atoms with Gasteiger partial charge in [-0.1, -0.05) is 6.07 Å². The highest BCUT2D eigenvalue weighted by molar-refractivity contribution is 7.92. The van der Waals surface area contributed by atoms with Gasteiger partial charge < -0.3 is 24.6 Å². The third-order valence-electron chi connectivity index (χ3n) is 4.51. The first-order chi connectivity index (χ1) is 15.5. The van der Waals surface area contributed by atoms with E-state index in [9.17, 15) is 31.5 Å². The molecule has 0 saturated carbocycles. The summed E-state index contributed by atoms with van der Waals surface area (Å²) in [5.74, 6) is -1.95. The van der Waals surface area contributed by atoms with E-state index in [0.717, 1.165) is 12.1 Å². The number of hydrogen-bond donors (Lipinski definition) is 3. The molecule has 0 radical (unpaired) electrons. The van der Waals surface area contributed by atoms with E-state index in [1.54, 1.807) is 6.92 Å². The second-order valence-corrected chi connectivity index (χ2v) is 8.63. The van der Waals surface area contributed by atoms with Crippen LogP contribution in [0.5, 0.6) is 11.5 Å². The number of aliphatic hydroxyl groups excluding tert-OH is 1. The van der Waals surface area contributed by atoms with E-state index in [1.165, 1.54) is 30.3 Å². The van der Waals surface area contributed by atoms with Gasteiger partial charge in [0, 0.05) is 17.8 Å². The SMILES string of the molecule is CCOc1cc(NC(=O)[C@@H]2COC[C@@H]2O)ccc1S(=O)(=O)Nc1cccc(OC(F)(F)F)c1. The minimum Gasteiger partial charge on any atom is -0.492 e. The molecule has 1 aliphatic heterocycles. The summed E-state index contributed by atoms with van der Waals surface area (Å²) in [6, 6.07) is 8.16. The fraction of sp³-hybridized carbons (Fsp3) is 0.350. The van der Waals surface area contributed by atoms with Gasteiger partial charge in [0.25, 0.3) is 10.0 Å². The molecule has 2 aromatic carbocycles. The largest absolute Gasteiger partial charge is 0.573 e. The van der Waals surface area contributed by atoms with Gasteiger partial charge in [0.15, 0.2) is 0 Å². The van der Waals surface area contributed by atoms with Gasteiger partial charge in [-0.05, 0) is 31.2 Å². The molecule has 1 fully saturated rings. The van der Waals surface area contributed by atoms with Crippen LogP contribution in [0.15, 0.2) is 47.4 Å². The van der Waals surface area contributed by atoms with E-state index in [-0.39, 0.29) is 41.8 Å². The number of sulfonamides is 1. The Balaban J connectivity index is 1.82. The van der Waals surface area contributed by atoms with Crippen molar-refractivity contribution in [3.05, 3.63) is 42.5 Å². The van der Waals surface area contributed by atoms with Gasteiger partial charge in [-0.2, -0.15) is 0 Å². The Bertz CT molecular complexity index is 1110. The van der Waals surface area contributed by atoms with Crippen LogP contribution in [0.3, 0.4) is 0 Å². The molecule has 33 heavy (non-hydrogen) atoms. The van der Waals surface area contributed by atoms with Crippen molar-refractivity contribution in [2.24, 2.45) is 5.92 Å². The van der Waals surface area contributed by atoms with Crippen molar-refractivity contribution in [1.82, 2.24) is 0 Å². The molecule has 3 rings (SSSR count). The van der Waals surface area contributed by atoms with E-state index in [0.29, 0.717) is 0 Å². The summed E-state index contributed by atoms with van der Waals surface area (Å²) >= 11 is 0. The van der Waals surface area contributed by atoms with Crippen LogP contribution in [-0.2, 0) is 19.6 Å². The molecular formula is C20H21F3N2O7S. The number of anilines is 2.